The largest absolute Gasteiger partial charge is 0.497 e. The van der Waals surface area contributed by atoms with Gasteiger partial charge in [-0.25, -0.2) is 19.4 Å². The average Bonchev–Trinajstić information content (AvgIpc) is 3.62. The van der Waals surface area contributed by atoms with Gasteiger partial charge < -0.3 is 29.1 Å². The summed E-state index contributed by atoms with van der Waals surface area (Å²) in [7, 11) is 1.54. The van der Waals surface area contributed by atoms with Crippen LogP contribution in [0.15, 0.2) is 101 Å². The van der Waals surface area contributed by atoms with E-state index in [1.807, 2.05) is 60.7 Å². The predicted octanol–water partition coefficient (Wildman–Crippen LogP) is 7.62. The lowest BCUT2D eigenvalue weighted by atomic mass is 10.0. The number of alkyl halides is 1. The van der Waals surface area contributed by atoms with E-state index in [0.717, 1.165) is 11.3 Å². The summed E-state index contributed by atoms with van der Waals surface area (Å²) in [5.41, 5.74) is 1.04. The van der Waals surface area contributed by atoms with Gasteiger partial charge in [-0.05, 0) is 61.6 Å². The number of β-lactam (4-membered cyclic amide) rings is 1. The van der Waals surface area contributed by atoms with Gasteiger partial charge in [0.15, 0.2) is 16.9 Å². The van der Waals surface area contributed by atoms with Gasteiger partial charge in [0.2, 0.25) is 6.10 Å². The van der Waals surface area contributed by atoms with Crippen molar-refractivity contribution in [3.8, 4) is 5.75 Å². The van der Waals surface area contributed by atoms with Crippen LogP contribution in [0.3, 0.4) is 0 Å². The number of hydrogen-bond donors (Lipinski definition) is 2. The van der Waals surface area contributed by atoms with Gasteiger partial charge in [0.1, 0.15) is 45.1 Å². The molecular weight excluding hydrogens is 882 g/mol. The topological polar surface area (TPSA) is 184 Å². The Labute approximate surface area is 376 Å². The second-order valence-corrected chi connectivity index (χ2v) is 17.7. The second kappa shape index (κ2) is 20.5. The third-order valence-corrected chi connectivity index (χ3v) is 12.0. The lowest BCUT2D eigenvalue weighted by molar-refractivity contribution is -0.161. The monoisotopic (exact) mass is 923 g/mol. The number of nitrogens with zero attached hydrogens (tertiary/aromatic N) is 3. The first-order valence-electron chi connectivity index (χ1n) is 19.3. The summed E-state index contributed by atoms with van der Waals surface area (Å²) < 4.78 is 22.0. The number of fused-ring (bicyclic) bond motifs is 1. The Hall–Kier alpha value is -5.62. The van der Waals surface area contributed by atoms with Crippen LogP contribution in [0.4, 0.5) is 9.93 Å². The molecule has 0 aliphatic carbocycles. The van der Waals surface area contributed by atoms with Crippen LogP contribution in [0.1, 0.15) is 62.6 Å². The quantitative estimate of drug-likeness (QED) is 0.0280. The van der Waals surface area contributed by atoms with Gasteiger partial charge in [-0.3, -0.25) is 19.8 Å². The highest BCUT2D eigenvalue weighted by Crippen LogP contribution is 2.41. The van der Waals surface area contributed by atoms with Crippen LogP contribution in [-0.2, 0) is 44.8 Å². The number of esters is 2. The standard InChI is InChI=1S/C43H43Cl2N5O10S2/c1-6-29(39(53)58-34(25-13-9-7-10-14-25)26-15-11-8-12-16-26)60-49-31(30-35(45)62-41(47-30)48-42(55)59-43(2,3)4)36(51)46-32-37(52)50-33(27(21-44)23-61-38(32)50)40(54)57-22-24-17-19-28(56-5)20-18-24/h7-20,29,32,34,38H,6,21-23H2,1-5H3,(H,46,51)(H,47,48,55)/b49-31-/t29-,32?,38?/m0/s1. The Morgan fingerprint density at radius 3 is 2.21 bits per heavy atom. The molecule has 2 aliphatic heterocycles. The minimum absolute atomic E-state index is 0.000927. The zero-order chi connectivity index (χ0) is 44.6. The molecule has 15 nitrogen and oxygen atoms in total. The van der Waals surface area contributed by atoms with Crippen LogP contribution in [0.2, 0.25) is 4.34 Å². The Morgan fingerprint density at radius 2 is 1.63 bits per heavy atom. The van der Waals surface area contributed by atoms with Crippen molar-refractivity contribution in [2.75, 3.05) is 24.1 Å². The van der Waals surface area contributed by atoms with Crippen molar-refractivity contribution in [1.82, 2.24) is 15.2 Å². The van der Waals surface area contributed by atoms with E-state index in [1.54, 1.807) is 59.1 Å². The number of benzene rings is 3. The molecular formula is C43H43Cl2N5O10S2. The molecule has 0 radical (unpaired) electrons. The number of carbonyl (C=O) groups is 5. The number of amides is 3. The predicted molar refractivity (Wildman–Crippen MR) is 235 cm³/mol. The molecule has 1 fully saturated rings. The van der Waals surface area contributed by atoms with Gasteiger partial charge in [-0.2, -0.15) is 0 Å². The number of ether oxygens (including phenoxy) is 4. The SMILES string of the molecule is CC[C@H](O/N=C(\C(=O)NC1C(=O)N2C(C(=O)OCc3ccc(OC)cc3)=C(CCl)CSC12)c1nc(NC(=O)OC(C)(C)C)sc1Cl)C(=O)OC(c1ccccc1)c1ccccc1. The van der Waals surface area contributed by atoms with E-state index < -0.39 is 64.8 Å². The Bertz CT molecular complexity index is 2300. The summed E-state index contributed by atoms with van der Waals surface area (Å²) in [4.78, 5) is 79.2. The van der Waals surface area contributed by atoms with Crippen molar-refractivity contribution in [3.05, 3.63) is 123 Å². The summed E-state index contributed by atoms with van der Waals surface area (Å²) >= 11 is 14.9. The van der Waals surface area contributed by atoms with E-state index >= 15 is 0 Å². The molecule has 0 bridgehead atoms. The third kappa shape index (κ3) is 11.1. The Kier molecular flexibility index (Phi) is 15.2. The molecule has 3 aromatic carbocycles. The summed E-state index contributed by atoms with van der Waals surface area (Å²) in [5.74, 6) is -2.23. The molecule has 3 amide bonds. The fourth-order valence-corrected chi connectivity index (χ4v) is 8.89. The van der Waals surface area contributed by atoms with Crippen molar-refractivity contribution in [3.63, 3.8) is 0 Å². The van der Waals surface area contributed by atoms with E-state index in [-0.39, 0.29) is 45.5 Å². The van der Waals surface area contributed by atoms with E-state index in [2.05, 4.69) is 20.8 Å². The van der Waals surface area contributed by atoms with E-state index in [9.17, 15) is 24.0 Å². The van der Waals surface area contributed by atoms with E-state index in [0.29, 0.717) is 28.0 Å². The minimum atomic E-state index is -1.31. The van der Waals surface area contributed by atoms with Crippen LogP contribution in [-0.4, -0.2) is 87.3 Å². The fourth-order valence-electron chi connectivity index (χ4n) is 6.18. The number of thiazole rings is 1. The normalized spacial score (nSPS) is 16.7. The van der Waals surface area contributed by atoms with Crippen LogP contribution in [0.25, 0.3) is 0 Å². The van der Waals surface area contributed by atoms with Crippen molar-refractivity contribution >= 4 is 87.0 Å². The van der Waals surface area contributed by atoms with Gasteiger partial charge in [-0.15, -0.1) is 23.4 Å². The van der Waals surface area contributed by atoms with Crippen LogP contribution in [0, 0.1) is 0 Å². The number of oxime groups is 1. The molecule has 62 heavy (non-hydrogen) atoms. The number of carbonyl (C=O) groups excluding carboxylic acids is 5. The number of hydrogen-bond acceptors (Lipinski definition) is 14. The first-order chi connectivity index (χ1) is 29.7. The van der Waals surface area contributed by atoms with Crippen molar-refractivity contribution in [1.29, 1.82) is 0 Å². The zero-order valence-electron chi connectivity index (χ0n) is 34.2. The van der Waals surface area contributed by atoms with Crippen LogP contribution >= 0.6 is 46.3 Å². The molecule has 2 N–H and O–H groups in total. The molecule has 0 saturated carbocycles. The Balaban J connectivity index is 1.23. The van der Waals surface area contributed by atoms with E-state index in [1.165, 1.54) is 16.7 Å². The van der Waals surface area contributed by atoms with Crippen LogP contribution in [0.5, 0.6) is 5.75 Å². The molecule has 1 saturated heterocycles. The highest BCUT2D eigenvalue weighted by atomic mass is 35.5. The van der Waals surface area contributed by atoms with E-state index in [4.69, 9.17) is 47.0 Å². The number of anilines is 1. The number of rotatable bonds is 16. The van der Waals surface area contributed by atoms with Gasteiger partial charge in [0, 0.05) is 11.6 Å². The summed E-state index contributed by atoms with van der Waals surface area (Å²) in [6, 6.07) is 24.1. The average molecular weight is 925 g/mol. The van der Waals surface area contributed by atoms with Gasteiger partial charge in [0.05, 0.1) is 7.11 Å². The van der Waals surface area contributed by atoms with Crippen LogP contribution < -0.4 is 15.4 Å². The summed E-state index contributed by atoms with van der Waals surface area (Å²) in [6.07, 6.45) is -2.86. The maximum Gasteiger partial charge on any atom is 0.413 e. The lowest BCUT2D eigenvalue weighted by Gasteiger charge is -2.49. The maximum absolute atomic E-state index is 14.2. The van der Waals surface area contributed by atoms with Crippen molar-refractivity contribution in [2.24, 2.45) is 5.16 Å². The number of aromatic nitrogens is 1. The van der Waals surface area contributed by atoms with Gasteiger partial charge in [-0.1, -0.05) is 108 Å². The summed E-state index contributed by atoms with van der Waals surface area (Å²) in [6.45, 7) is 6.65. The molecule has 19 heteroatoms. The molecule has 4 aromatic rings. The Morgan fingerprint density at radius 1 is 0.984 bits per heavy atom. The highest BCUT2D eigenvalue weighted by molar-refractivity contribution is 8.00. The number of halogens is 2. The number of thioether (sulfide) groups is 1. The maximum atomic E-state index is 14.2. The second-order valence-electron chi connectivity index (χ2n) is 14.7. The zero-order valence-corrected chi connectivity index (χ0v) is 37.4. The minimum Gasteiger partial charge on any atom is -0.497 e. The first kappa shape index (κ1) is 45.9. The molecule has 0 spiro atoms. The van der Waals surface area contributed by atoms with Gasteiger partial charge in [0.25, 0.3) is 11.8 Å². The lowest BCUT2D eigenvalue weighted by Crippen LogP contribution is -2.71. The number of nitrogens with one attached hydrogen (secondary N) is 2. The summed E-state index contributed by atoms with van der Waals surface area (Å²) in [5, 5.41) is 8.50. The molecule has 6 rings (SSSR count). The highest BCUT2D eigenvalue weighted by Gasteiger charge is 2.54. The molecule has 2 unspecified atom stereocenters. The first-order valence-corrected chi connectivity index (χ1v) is 22.0. The molecule has 3 atom stereocenters. The fraction of sp³-hybridized carbons (Fsp3) is 0.326. The molecule has 1 aromatic heterocycles. The van der Waals surface area contributed by atoms with Crippen molar-refractivity contribution < 1.29 is 47.8 Å². The third-order valence-electron chi connectivity index (χ3n) is 9.19. The molecule has 3 heterocycles. The van der Waals surface area contributed by atoms with Crippen molar-refractivity contribution in [2.45, 2.75) is 69.9 Å². The smallest absolute Gasteiger partial charge is 0.413 e. The van der Waals surface area contributed by atoms with Gasteiger partial charge >= 0.3 is 18.0 Å². The number of methoxy groups -OCH3 is 1. The molecule has 2 aliphatic rings. The molecule has 326 valence electrons.